The molecule has 1 N–H and O–H groups in total. The first-order chi connectivity index (χ1) is 8.66. The molecule has 0 atom stereocenters. The molecule has 2 rings (SSSR count). The average molecular weight is 241 g/mol. The Morgan fingerprint density at radius 2 is 2.06 bits per heavy atom. The topological polar surface area (TPSA) is 29.1 Å². The SMILES string of the molecule is CC(=O)NCCCc1cccc2ccc(C)cc12. The summed E-state index contributed by atoms with van der Waals surface area (Å²) < 4.78 is 0. The summed E-state index contributed by atoms with van der Waals surface area (Å²) in [6.45, 7) is 4.42. The van der Waals surface area contributed by atoms with Crippen LogP contribution in [0.15, 0.2) is 36.4 Å². The lowest BCUT2D eigenvalue weighted by Gasteiger charge is -2.08. The van der Waals surface area contributed by atoms with Gasteiger partial charge in [-0.25, -0.2) is 0 Å². The Bertz CT molecular complexity index is 560. The molecule has 0 saturated heterocycles. The fourth-order valence-electron chi connectivity index (χ4n) is 2.21. The first kappa shape index (κ1) is 12.6. The van der Waals surface area contributed by atoms with Crippen molar-refractivity contribution in [2.24, 2.45) is 0 Å². The van der Waals surface area contributed by atoms with Gasteiger partial charge in [-0.2, -0.15) is 0 Å². The molecule has 0 bridgehead atoms. The average Bonchev–Trinajstić information content (AvgIpc) is 2.34. The van der Waals surface area contributed by atoms with Crippen molar-refractivity contribution >= 4 is 16.7 Å². The van der Waals surface area contributed by atoms with E-state index < -0.39 is 0 Å². The first-order valence-electron chi connectivity index (χ1n) is 6.39. The Morgan fingerprint density at radius 3 is 2.83 bits per heavy atom. The summed E-state index contributed by atoms with van der Waals surface area (Å²) >= 11 is 0. The van der Waals surface area contributed by atoms with Gasteiger partial charge >= 0.3 is 0 Å². The van der Waals surface area contributed by atoms with Crippen molar-refractivity contribution in [1.29, 1.82) is 0 Å². The molecule has 0 spiro atoms. The molecule has 94 valence electrons. The van der Waals surface area contributed by atoms with Crippen LogP contribution < -0.4 is 5.32 Å². The van der Waals surface area contributed by atoms with Crippen LogP contribution in [0, 0.1) is 6.92 Å². The van der Waals surface area contributed by atoms with Crippen LogP contribution >= 0.6 is 0 Å². The minimum atomic E-state index is 0.0452. The number of hydrogen-bond donors (Lipinski definition) is 1. The van der Waals surface area contributed by atoms with E-state index in [0.717, 1.165) is 19.4 Å². The number of rotatable bonds is 4. The highest BCUT2D eigenvalue weighted by molar-refractivity contribution is 5.86. The van der Waals surface area contributed by atoms with E-state index in [4.69, 9.17) is 0 Å². The highest BCUT2D eigenvalue weighted by Crippen LogP contribution is 2.21. The van der Waals surface area contributed by atoms with Crippen molar-refractivity contribution in [2.45, 2.75) is 26.7 Å². The van der Waals surface area contributed by atoms with E-state index in [2.05, 4.69) is 48.6 Å². The van der Waals surface area contributed by atoms with Crippen molar-refractivity contribution in [2.75, 3.05) is 6.54 Å². The van der Waals surface area contributed by atoms with E-state index in [-0.39, 0.29) is 5.91 Å². The number of nitrogens with one attached hydrogen (secondary N) is 1. The predicted octanol–water partition coefficient (Wildman–Crippen LogP) is 3.22. The number of fused-ring (bicyclic) bond motifs is 1. The van der Waals surface area contributed by atoms with Gasteiger partial charge in [0, 0.05) is 13.5 Å². The molecule has 2 aromatic rings. The van der Waals surface area contributed by atoms with Crippen LogP contribution in [0.5, 0.6) is 0 Å². The second-order valence-electron chi connectivity index (χ2n) is 4.73. The minimum Gasteiger partial charge on any atom is -0.356 e. The van der Waals surface area contributed by atoms with Crippen LogP contribution in [0.2, 0.25) is 0 Å². The molecule has 18 heavy (non-hydrogen) atoms. The predicted molar refractivity (Wildman–Crippen MR) is 75.7 cm³/mol. The van der Waals surface area contributed by atoms with Crippen LogP contribution in [0.4, 0.5) is 0 Å². The van der Waals surface area contributed by atoms with Crippen molar-refractivity contribution in [3.8, 4) is 0 Å². The number of carbonyl (C=O) groups is 1. The third-order valence-corrected chi connectivity index (χ3v) is 3.12. The Labute approximate surface area is 108 Å². The van der Waals surface area contributed by atoms with Crippen LogP contribution in [-0.4, -0.2) is 12.5 Å². The summed E-state index contributed by atoms with van der Waals surface area (Å²) in [5.74, 6) is 0.0452. The van der Waals surface area contributed by atoms with Crippen molar-refractivity contribution < 1.29 is 4.79 Å². The standard InChI is InChI=1S/C16H19NO/c1-12-8-9-15-6-3-5-14(16(15)11-12)7-4-10-17-13(2)18/h3,5-6,8-9,11H,4,7,10H2,1-2H3,(H,17,18). The van der Waals surface area contributed by atoms with Gasteiger partial charge in [0.1, 0.15) is 0 Å². The maximum Gasteiger partial charge on any atom is 0.216 e. The first-order valence-corrected chi connectivity index (χ1v) is 6.39. The number of benzene rings is 2. The van der Waals surface area contributed by atoms with Gasteiger partial charge < -0.3 is 5.32 Å². The molecule has 2 aromatic carbocycles. The molecular formula is C16H19NO. The Hall–Kier alpha value is -1.83. The second-order valence-corrected chi connectivity index (χ2v) is 4.73. The maximum absolute atomic E-state index is 10.8. The zero-order valence-corrected chi connectivity index (χ0v) is 11.0. The number of amides is 1. The third kappa shape index (κ3) is 3.10. The van der Waals surface area contributed by atoms with Gasteiger partial charge in [0.05, 0.1) is 0 Å². The van der Waals surface area contributed by atoms with Gasteiger partial charge in [-0.1, -0.05) is 42.0 Å². The molecule has 1 amide bonds. The molecule has 0 heterocycles. The van der Waals surface area contributed by atoms with Crippen molar-refractivity contribution in [3.63, 3.8) is 0 Å². The molecule has 0 radical (unpaired) electrons. The van der Waals surface area contributed by atoms with Gasteiger partial charge in [0.25, 0.3) is 0 Å². The van der Waals surface area contributed by atoms with E-state index in [1.165, 1.54) is 21.9 Å². The fraction of sp³-hybridized carbons (Fsp3) is 0.312. The normalized spacial score (nSPS) is 10.6. The summed E-state index contributed by atoms with van der Waals surface area (Å²) in [6.07, 6.45) is 1.98. The zero-order chi connectivity index (χ0) is 13.0. The van der Waals surface area contributed by atoms with E-state index in [9.17, 15) is 4.79 Å². The van der Waals surface area contributed by atoms with Crippen LogP contribution in [0.25, 0.3) is 10.8 Å². The minimum absolute atomic E-state index is 0.0452. The number of carbonyl (C=O) groups excluding carboxylic acids is 1. The number of aryl methyl sites for hydroxylation is 2. The molecule has 0 aliphatic carbocycles. The quantitative estimate of drug-likeness (QED) is 0.818. The molecule has 0 unspecified atom stereocenters. The van der Waals surface area contributed by atoms with Gasteiger partial charge in [0.2, 0.25) is 5.91 Å². The van der Waals surface area contributed by atoms with Crippen LogP contribution in [0.1, 0.15) is 24.5 Å². The molecular weight excluding hydrogens is 222 g/mol. The summed E-state index contributed by atoms with van der Waals surface area (Å²) in [5.41, 5.74) is 2.65. The summed E-state index contributed by atoms with van der Waals surface area (Å²) in [4.78, 5) is 10.8. The maximum atomic E-state index is 10.8. The van der Waals surface area contributed by atoms with Crippen molar-refractivity contribution in [3.05, 3.63) is 47.5 Å². The molecule has 0 aliphatic rings. The van der Waals surface area contributed by atoms with Crippen molar-refractivity contribution in [1.82, 2.24) is 5.32 Å². The van der Waals surface area contributed by atoms with E-state index >= 15 is 0 Å². The molecule has 0 aromatic heterocycles. The van der Waals surface area contributed by atoms with E-state index in [1.807, 2.05) is 0 Å². The van der Waals surface area contributed by atoms with Gasteiger partial charge in [-0.15, -0.1) is 0 Å². The largest absolute Gasteiger partial charge is 0.356 e. The Balaban J connectivity index is 2.12. The Kier molecular flexibility index (Phi) is 3.98. The molecule has 2 nitrogen and oxygen atoms in total. The molecule has 2 heteroatoms. The summed E-state index contributed by atoms with van der Waals surface area (Å²) in [5, 5.41) is 5.46. The second kappa shape index (κ2) is 5.67. The summed E-state index contributed by atoms with van der Waals surface area (Å²) in [6, 6.07) is 13.0. The highest BCUT2D eigenvalue weighted by Gasteiger charge is 2.01. The smallest absolute Gasteiger partial charge is 0.216 e. The monoisotopic (exact) mass is 241 g/mol. The summed E-state index contributed by atoms with van der Waals surface area (Å²) in [7, 11) is 0. The lowest BCUT2D eigenvalue weighted by Crippen LogP contribution is -2.21. The lowest BCUT2D eigenvalue weighted by molar-refractivity contribution is -0.118. The third-order valence-electron chi connectivity index (χ3n) is 3.12. The van der Waals surface area contributed by atoms with Gasteiger partial charge in [-0.05, 0) is 36.1 Å². The van der Waals surface area contributed by atoms with Gasteiger partial charge in [-0.3, -0.25) is 4.79 Å². The van der Waals surface area contributed by atoms with E-state index in [1.54, 1.807) is 6.92 Å². The number of hydrogen-bond acceptors (Lipinski definition) is 1. The molecule has 0 fully saturated rings. The molecule has 0 aliphatic heterocycles. The molecule has 0 saturated carbocycles. The van der Waals surface area contributed by atoms with Crippen LogP contribution in [0.3, 0.4) is 0 Å². The van der Waals surface area contributed by atoms with Crippen LogP contribution in [-0.2, 0) is 11.2 Å². The highest BCUT2D eigenvalue weighted by atomic mass is 16.1. The van der Waals surface area contributed by atoms with E-state index in [0.29, 0.717) is 0 Å². The lowest BCUT2D eigenvalue weighted by atomic mass is 9.99. The fourth-order valence-corrected chi connectivity index (χ4v) is 2.21. The van der Waals surface area contributed by atoms with Gasteiger partial charge in [0.15, 0.2) is 0 Å². The zero-order valence-electron chi connectivity index (χ0n) is 11.0. The Morgan fingerprint density at radius 1 is 1.22 bits per heavy atom.